The highest BCUT2D eigenvalue weighted by Gasteiger charge is 2.19. The Bertz CT molecular complexity index is 399. The second-order valence-corrected chi connectivity index (χ2v) is 4.73. The SMILES string of the molecule is C=C(OCC)c1ccc(CN2CCC(O)C2)cc1. The van der Waals surface area contributed by atoms with Gasteiger partial charge in [0.2, 0.25) is 0 Å². The summed E-state index contributed by atoms with van der Waals surface area (Å²) in [4.78, 5) is 2.27. The summed E-state index contributed by atoms with van der Waals surface area (Å²) in [5, 5.41) is 9.48. The first-order chi connectivity index (χ1) is 8.69. The van der Waals surface area contributed by atoms with Crippen molar-refractivity contribution in [3.8, 4) is 0 Å². The Hall–Kier alpha value is -1.32. The van der Waals surface area contributed by atoms with Gasteiger partial charge in [0.1, 0.15) is 5.76 Å². The van der Waals surface area contributed by atoms with Gasteiger partial charge in [0.05, 0.1) is 12.7 Å². The number of aliphatic hydroxyl groups excluding tert-OH is 1. The molecule has 1 unspecified atom stereocenters. The molecule has 0 aliphatic carbocycles. The van der Waals surface area contributed by atoms with Gasteiger partial charge in [-0.1, -0.05) is 30.8 Å². The normalized spacial score (nSPS) is 20.0. The number of ether oxygens (including phenoxy) is 1. The summed E-state index contributed by atoms with van der Waals surface area (Å²) in [6.45, 7) is 9.16. The maximum absolute atomic E-state index is 9.48. The zero-order chi connectivity index (χ0) is 13.0. The van der Waals surface area contributed by atoms with E-state index < -0.39 is 0 Å². The molecule has 1 aromatic carbocycles. The molecule has 3 nitrogen and oxygen atoms in total. The minimum atomic E-state index is -0.151. The van der Waals surface area contributed by atoms with Crippen LogP contribution in [-0.2, 0) is 11.3 Å². The molecule has 0 aromatic heterocycles. The van der Waals surface area contributed by atoms with Gasteiger partial charge in [0.15, 0.2) is 0 Å². The van der Waals surface area contributed by atoms with Gasteiger partial charge in [0.25, 0.3) is 0 Å². The zero-order valence-electron chi connectivity index (χ0n) is 10.9. The Labute approximate surface area is 109 Å². The van der Waals surface area contributed by atoms with Crippen molar-refractivity contribution in [1.82, 2.24) is 4.90 Å². The number of benzene rings is 1. The number of nitrogens with zero attached hydrogens (tertiary/aromatic N) is 1. The topological polar surface area (TPSA) is 32.7 Å². The molecule has 18 heavy (non-hydrogen) atoms. The lowest BCUT2D eigenvalue weighted by molar-refractivity contribution is 0.175. The van der Waals surface area contributed by atoms with Crippen LogP contribution in [0.5, 0.6) is 0 Å². The van der Waals surface area contributed by atoms with Crippen LogP contribution in [0, 0.1) is 0 Å². The van der Waals surface area contributed by atoms with Gasteiger partial charge in [-0.2, -0.15) is 0 Å². The summed E-state index contributed by atoms with van der Waals surface area (Å²) >= 11 is 0. The summed E-state index contributed by atoms with van der Waals surface area (Å²) in [7, 11) is 0. The van der Waals surface area contributed by atoms with Gasteiger partial charge in [-0.15, -0.1) is 0 Å². The average molecular weight is 247 g/mol. The zero-order valence-corrected chi connectivity index (χ0v) is 10.9. The van der Waals surface area contributed by atoms with Crippen LogP contribution < -0.4 is 0 Å². The third kappa shape index (κ3) is 3.34. The summed E-state index contributed by atoms with van der Waals surface area (Å²) in [6.07, 6.45) is 0.737. The Morgan fingerprint density at radius 2 is 2.17 bits per heavy atom. The van der Waals surface area contributed by atoms with Crippen molar-refractivity contribution in [2.75, 3.05) is 19.7 Å². The van der Waals surface area contributed by atoms with Crippen LogP contribution in [0.2, 0.25) is 0 Å². The molecule has 1 aliphatic heterocycles. The maximum Gasteiger partial charge on any atom is 0.119 e. The Balaban J connectivity index is 1.93. The summed E-state index contributed by atoms with van der Waals surface area (Å²) in [5.41, 5.74) is 2.29. The van der Waals surface area contributed by atoms with Crippen molar-refractivity contribution in [2.24, 2.45) is 0 Å². The number of aliphatic hydroxyl groups is 1. The van der Waals surface area contributed by atoms with E-state index in [1.54, 1.807) is 0 Å². The third-order valence-corrected chi connectivity index (χ3v) is 3.25. The number of hydrogen-bond acceptors (Lipinski definition) is 3. The smallest absolute Gasteiger partial charge is 0.119 e. The molecule has 1 N–H and O–H groups in total. The van der Waals surface area contributed by atoms with E-state index in [4.69, 9.17) is 4.74 Å². The second kappa shape index (κ2) is 6.03. The van der Waals surface area contributed by atoms with Crippen LogP contribution in [-0.4, -0.2) is 35.8 Å². The predicted molar refractivity (Wildman–Crippen MR) is 73.0 cm³/mol. The summed E-state index contributed by atoms with van der Waals surface area (Å²) in [5.74, 6) is 0.723. The minimum absolute atomic E-state index is 0.151. The molecule has 1 heterocycles. The van der Waals surface area contributed by atoms with Crippen molar-refractivity contribution in [3.63, 3.8) is 0 Å². The molecule has 1 aliphatic rings. The first kappa shape index (κ1) is 13.1. The van der Waals surface area contributed by atoms with Gasteiger partial charge < -0.3 is 9.84 Å². The van der Waals surface area contributed by atoms with E-state index in [-0.39, 0.29) is 6.10 Å². The van der Waals surface area contributed by atoms with E-state index >= 15 is 0 Å². The van der Waals surface area contributed by atoms with Crippen LogP contribution in [0.3, 0.4) is 0 Å². The fourth-order valence-electron chi connectivity index (χ4n) is 2.27. The number of likely N-dealkylation sites (tertiary alicyclic amines) is 1. The van der Waals surface area contributed by atoms with Gasteiger partial charge in [-0.05, 0) is 18.9 Å². The lowest BCUT2D eigenvalue weighted by atomic mass is 10.1. The fourth-order valence-corrected chi connectivity index (χ4v) is 2.27. The van der Waals surface area contributed by atoms with Crippen molar-refractivity contribution >= 4 is 5.76 Å². The molecular formula is C15H21NO2. The molecule has 1 atom stereocenters. The van der Waals surface area contributed by atoms with E-state index in [1.807, 2.05) is 19.1 Å². The van der Waals surface area contributed by atoms with Crippen molar-refractivity contribution in [1.29, 1.82) is 0 Å². The van der Waals surface area contributed by atoms with E-state index in [1.165, 1.54) is 5.56 Å². The highest BCUT2D eigenvalue weighted by molar-refractivity contribution is 5.57. The second-order valence-electron chi connectivity index (χ2n) is 4.73. The van der Waals surface area contributed by atoms with Crippen LogP contribution in [0.4, 0.5) is 0 Å². The standard InChI is InChI=1S/C15H21NO2/c1-3-18-12(2)14-6-4-13(5-7-14)10-16-9-8-15(17)11-16/h4-7,15,17H,2-3,8-11H2,1H3. The van der Waals surface area contributed by atoms with Gasteiger partial charge in [-0.3, -0.25) is 4.90 Å². The number of rotatable bonds is 5. The van der Waals surface area contributed by atoms with Crippen molar-refractivity contribution in [2.45, 2.75) is 26.0 Å². The van der Waals surface area contributed by atoms with E-state index in [2.05, 4.69) is 23.6 Å². The van der Waals surface area contributed by atoms with Gasteiger partial charge in [-0.25, -0.2) is 0 Å². The molecule has 1 aromatic rings. The van der Waals surface area contributed by atoms with Crippen LogP contribution in [0.15, 0.2) is 30.8 Å². The fraction of sp³-hybridized carbons (Fsp3) is 0.467. The van der Waals surface area contributed by atoms with Gasteiger partial charge >= 0.3 is 0 Å². The van der Waals surface area contributed by atoms with E-state index in [0.717, 1.165) is 37.4 Å². The van der Waals surface area contributed by atoms with Crippen LogP contribution in [0.1, 0.15) is 24.5 Å². The highest BCUT2D eigenvalue weighted by atomic mass is 16.5. The average Bonchev–Trinajstić information content (AvgIpc) is 2.76. The first-order valence-corrected chi connectivity index (χ1v) is 6.50. The molecule has 1 fully saturated rings. The molecule has 3 heteroatoms. The Morgan fingerprint density at radius 1 is 1.44 bits per heavy atom. The summed E-state index contributed by atoms with van der Waals surface area (Å²) < 4.78 is 5.38. The maximum atomic E-state index is 9.48. The van der Waals surface area contributed by atoms with Gasteiger partial charge in [0, 0.05) is 25.2 Å². The quantitative estimate of drug-likeness (QED) is 0.810. The molecular weight excluding hydrogens is 226 g/mol. The monoisotopic (exact) mass is 247 g/mol. The molecule has 2 rings (SSSR count). The molecule has 0 saturated carbocycles. The van der Waals surface area contributed by atoms with E-state index in [0.29, 0.717) is 6.61 Å². The predicted octanol–water partition coefficient (Wildman–Crippen LogP) is 2.26. The Morgan fingerprint density at radius 3 is 2.72 bits per heavy atom. The Kier molecular flexibility index (Phi) is 4.39. The molecule has 0 amide bonds. The first-order valence-electron chi connectivity index (χ1n) is 6.50. The molecule has 0 radical (unpaired) electrons. The molecule has 0 bridgehead atoms. The van der Waals surface area contributed by atoms with Crippen molar-refractivity contribution in [3.05, 3.63) is 42.0 Å². The molecule has 98 valence electrons. The van der Waals surface area contributed by atoms with Crippen molar-refractivity contribution < 1.29 is 9.84 Å². The van der Waals surface area contributed by atoms with Crippen LogP contribution in [0.25, 0.3) is 5.76 Å². The lowest BCUT2D eigenvalue weighted by Crippen LogP contribution is -2.21. The third-order valence-electron chi connectivity index (χ3n) is 3.25. The summed E-state index contributed by atoms with van der Waals surface area (Å²) in [6, 6.07) is 8.29. The lowest BCUT2D eigenvalue weighted by Gasteiger charge is -2.15. The highest BCUT2D eigenvalue weighted by Crippen LogP contribution is 2.17. The molecule has 1 saturated heterocycles. The number of hydrogen-bond donors (Lipinski definition) is 1. The molecule has 0 spiro atoms. The number of β-amino-alcohol motifs (C(OH)–C–C–N with tert-alkyl or cyclic N) is 1. The van der Waals surface area contributed by atoms with E-state index in [9.17, 15) is 5.11 Å². The largest absolute Gasteiger partial charge is 0.494 e. The minimum Gasteiger partial charge on any atom is -0.494 e. The van der Waals surface area contributed by atoms with Crippen LogP contribution >= 0.6 is 0 Å².